The van der Waals surface area contributed by atoms with Crippen molar-refractivity contribution in [3.8, 4) is 0 Å². The third-order valence-electron chi connectivity index (χ3n) is 5.96. The Morgan fingerprint density at radius 3 is 2.35 bits per heavy atom. The summed E-state index contributed by atoms with van der Waals surface area (Å²) in [4.78, 5) is 19.3. The van der Waals surface area contributed by atoms with E-state index in [0.29, 0.717) is 18.0 Å². The molecule has 2 fully saturated rings. The minimum atomic E-state index is -3.09. The molecule has 2 aliphatic heterocycles. The van der Waals surface area contributed by atoms with Crippen LogP contribution in [0.5, 0.6) is 0 Å². The number of fused-ring (bicyclic) bond motifs is 1. The molecule has 0 bridgehead atoms. The molecular weight excluding hydrogens is 428 g/mol. The highest BCUT2D eigenvalue weighted by Crippen LogP contribution is 2.43. The average Bonchev–Trinajstić information content (AvgIpc) is 3.22. The highest BCUT2D eigenvalue weighted by atomic mass is 32.2. The summed E-state index contributed by atoms with van der Waals surface area (Å²) < 4.78 is 24.7. The molecule has 4 rings (SSSR count). The molecule has 2 aromatic rings. The van der Waals surface area contributed by atoms with E-state index in [9.17, 15) is 13.2 Å². The summed E-state index contributed by atoms with van der Waals surface area (Å²) in [6, 6.07) is 16.0. The molecule has 0 N–H and O–H groups in total. The number of thioether (sulfide) groups is 1. The second kappa shape index (κ2) is 9.17. The third-order valence-corrected chi connectivity index (χ3v) is 9.17. The van der Waals surface area contributed by atoms with E-state index in [0.717, 1.165) is 35.2 Å². The molecule has 5 nitrogen and oxygen atoms in total. The summed E-state index contributed by atoms with van der Waals surface area (Å²) in [7, 11) is -3.09. The van der Waals surface area contributed by atoms with E-state index in [-0.39, 0.29) is 28.7 Å². The van der Waals surface area contributed by atoms with Gasteiger partial charge in [-0.2, -0.15) is 4.99 Å². The van der Waals surface area contributed by atoms with E-state index in [2.05, 4.69) is 41.9 Å². The summed E-state index contributed by atoms with van der Waals surface area (Å²) in [6.45, 7) is 4.21. The molecule has 2 atom stereocenters. The number of sulfone groups is 1. The Balaban J connectivity index is 1.67. The monoisotopic (exact) mass is 456 g/mol. The van der Waals surface area contributed by atoms with Crippen LogP contribution in [0.3, 0.4) is 0 Å². The number of amides is 1. The van der Waals surface area contributed by atoms with Crippen LogP contribution in [0.2, 0.25) is 0 Å². The van der Waals surface area contributed by atoms with Gasteiger partial charge in [-0.25, -0.2) is 8.42 Å². The molecule has 0 unspecified atom stereocenters. The summed E-state index contributed by atoms with van der Waals surface area (Å²) in [5.41, 5.74) is 4.47. The topological polar surface area (TPSA) is 66.8 Å². The number of aliphatic imine (C=N–C) groups is 1. The number of anilines is 1. The van der Waals surface area contributed by atoms with Crippen LogP contribution in [0.1, 0.15) is 37.0 Å². The van der Waals surface area contributed by atoms with Gasteiger partial charge in [0.1, 0.15) is 0 Å². The number of rotatable bonds is 6. The number of carbonyl (C=O) groups is 1. The fraction of sp³-hybridized carbons (Fsp3) is 0.417. The van der Waals surface area contributed by atoms with Crippen LogP contribution < -0.4 is 4.90 Å². The predicted octanol–water partition coefficient (Wildman–Crippen LogP) is 4.05. The maximum absolute atomic E-state index is 12.8. The predicted molar refractivity (Wildman–Crippen MR) is 129 cm³/mol. The largest absolute Gasteiger partial charge is 0.315 e. The molecule has 7 heteroatoms. The van der Waals surface area contributed by atoms with Crippen LogP contribution in [-0.4, -0.2) is 42.3 Å². The Hall–Kier alpha value is -2.12. The van der Waals surface area contributed by atoms with Crippen molar-refractivity contribution in [2.75, 3.05) is 16.4 Å². The zero-order valence-electron chi connectivity index (χ0n) is 18.0. The maximum Gasteiger partial charge on any atom is 0.248 e. The quantitative estimate of drug-likeness (QED) is 0.656. The van der Waals surface area contributed by atoms with Gasteiger partial charge >= 0.3 is 0 Å². The van der Waals surface area contributed by atoms with Crippen molar-refractivity contribution in [2.45, 2.75) is 50.8 Å². The number of benzene rings is 2. The lowest BCUT2D eigenvalue weighted by Crippen LogP contribution is -2.39. The first-order valence-electron chi connectivity index (χ1n) is 10.8. The molecule has 0 radical (unpaired) electrons. The third kappa shape index (κ3) is 4.72. The van der Waals surface area contributed by atoms with Crippen molar-refractivity contribution >= 4 is 38.4 Å². The Kier molecular flexibility index (Phi) is 6.53. The standard InChI is InChI=1S/C24H28N2O3S2/c1-3-18-11-8-12-19(4-2)23(18)26-20-15-31(28,29)16-21(20)30-24(26)25-22(27)14-13-17-9-6-5-7-10-17/h5-12,20-21H,3-4,13-16H2,1-2H3/t20-,21-/m1/s1. The number of aryl methyl sites for hydroxylation is 3. The fourth-order valence-corrected chi connectivity index (χ4v) is 8.33. The SMILES string of the molecule is CCc1cccc(CC)c1N1C(=NC(=O)CCc2ccccc2)S[C@@H]2CS(=O)(=O)C[C@H]21. The van der Waals surface area contributed by atoms with Gasteiger partial charge in [-0.15, -0.1) is 0 Å². The molecule has 2 heterocycles. The molecule has 164 valence electrons. The second-order valence-electron chi connectivity index (χ2n) is 8.08. The summed E-state index contributed by atoms with van der Waals surface area (Å²) in [5, 5.41) is 0.568. The zero-order valence-corrected chi connectivity index (χ0v) is 19.6. The highest BCUT2D eigenvalue weighted by molar-refractivity contribution is 8.16. The Morgan fingerprint density at radius 2 is 1.71 bits per heavy atom. The van der Waals surface area contributed by atoms with E-state index in [1.54, 1.807) is 0 Å². The number of carbonyl (C=O) groups excluding carboxylic acids is 1. The van der Waals surface area contributed by atoms with E-state index in [1.165, 1.54) is 11.8 Å². The first-order valence-corrected chi connectivity index (χ1v) is 13.5. The summed E-state index contributed by atoms with van der Waals surface area (Å²) >= 11 is 1.45. The normalized spacial score (nSPS) is 23.3. The zero-order chi connectivity index (χ0) is 22.0. The van der Waals surface area contributed by atoms with E-state index < -0.39 is 9.84 Å². The van der Waals surface area contributed by atoms with Crippen LogP contribution in [0.4, 0.5) is 5.69 Å². The molecule has 0 spiro atoms. The number of nitrogens with zero attached hydrogens (tertiary/aromatic N) is 2. The Labute approximate surface area is 188 Å². The molecular formula is C24H28N2O3S2. The molecule has 0 aliphatic carbocycles. The molecule has 31 heavy (non-hydrogen) atoms. The van der Waals surface area contributed by atoms with Gasteiger partial charge in [-0.3, -0.25) is 4.79 Å². The molecule has 2 aliphatic rings. The summed E-state index contributed by atoms with van der Waals surface area (Å²) in [6.07, 6.45) is 2.66. The van der Waals surface area contributed by atoms with Gasteiger partial charge < -0.3 is 4.90 Å². The first kappa shape index (κ1) is 22.1. The molecule has 1 amide bonds. The van der Waals surface area contributed by atoms with Gasteiger partial charge in [-0.05, 0) is 36.0 Å². The lowest BCUT2D eigenvalue weighted by Gasteiger charge is -2.29. The van der Waals surface area contributed by atoms with Crippen molar-refractivity contribution in [2.24, 2.45) is 4.99 Å². The minimum Gasteiger partial charge on any atom is -0.315 e. The highest BCUT2D eigenvalue weighted by Gasteiger charge is 2.50. The van der Waals surface area contributed by atoms with E-state index >= 15 is 0 Å². The van der Waals surface area contributed by atoms with E-state index in [4.69, 9.17) is 0 Å². The van der Waals surface area contributed by atoms with Crippen molar-refractivity contribution in [1.29, 1.82) is 0 Å². The van der Waals surface area contributed by atoms with Crippen LogP contribution in [0.15, 0.2) is 53.5 Å². The van der Waals surface area contributed by atoms with E-state index in [1.807, 2.05) is 30.3 Å². The van der Waals surface area contributed by atoms with Crippen molar-refractivity contribution in [3.05, 3.63) is 65.2 Å². The Morgan fingerprint density at radius 1 is 1.03 bits per heavy atom. The van der Waals surface area contributed by atoms with Crippen LogP contribution >= 0.6 is 11.8 Å². The molecule has 2 aromatic carbocycles. The van der Waals surface area contributed by atoms with Crippen LogP contribution in [0.25, 0.3) is 0 Å². The number of para-hydroxylation sites is 1. The second-order valence-corrected chi connectivity index (χ2v) is 11.4. The van der Waals surface area contributed by atoms with Gasteiger partial charge in [0.05, 0.1) is 17.5 Å². The lowest BCUT2D eigenvalue weighted by atomic mass is 10.0. The van der Waals surface area contributed by atoms with Crippen molar-refractivity contribution in [3.63, 3.8) is 0 Å². The summed E-state index contributed by atoms with van der Waals surface area (Å²) in [5.74, 6) is 0.0979. The number of hydrogen-bond acceptors (Lipinski definition) is 4. The first-order chi connectivity index (χ1) is 14.9. The van der Waals surface area contributed by atoms with Crippen molar-refractivity contribution < 1.29 is 13.2 Å². The minimum absolute atomic E-state index is 0.0831. The lowest BCUT2D eigenvalue weighted by molar-refractivity contribution is -0.117. The van der Waals surface area contributed by atoms with Crippen molar-refractivity contribution in [1.82, 2.24) is 0 Å². The van der Waals surface area contributed by atoms with Gasteiger partial charge in [0.15, 0.2) is 15.0 Å². The van der Waals surface area contributed by atoms with Gasteiger partial charge in [0.2, 0.25) is 5.91 Å². The molecule has 2 saturated heterocycles. The smallest absolute Gasteiger partial charge is 0.248 e. The number of amidine groups is 1. The van der Waals surface area contributed by atoms with Crippen LogP contribution in [-0.2, 0) is 33.9 Å². The van der Waals surface area contributed by atoms with Gasteiger partial charge in [-0.1, -0.05) is 74.1 Å². The van der Waals surface area contributed by atoms with Gasteiger partial charge in [0.25, 0.3) is 0 Å². The fourth-order valence-electron chi connectivity index (χ4n) is 4.41. The van der Waals surface area contributed by atoms with Crippen LogP contribution in [0, 0.1) is 0 Å². The maximum atomic E-state index is 12.8. The Bertz CT molecular complexity index is 1070. The molecule has 0 saturated carbocycles. The van der Waals surface area contributed by atoms with Gasteiger partial charge in [0, 0.05) is 17.4 Å². The molecule has 0 aromatic heterocycles. The average molecular weight is 457 g/mol. The number of hydrogen-bond donors (Lipinski definition) is 0.